The Morgan fingerprint density at radius 2 is 2.05 bits per heavy atom. The van der Waals surface area contributed by atoms with Gasteiger partial charge >= 0.3 is 0 Å². The molecule has 0 saturated heterocycles. The molecule has 21 heavy (non-hydrogen) atoms. The van der Waals surface area contributed by atoms with E-state index in [1.54, 1.807) is 0 Å². The van der Waals surface area contributed by atoms with E-state index in [1.165, 1.54) is 11.3 Å². The van der Waals surface area contributed by atoms with Gasteiger partial charge in [0.05, 0.1) is 5.69 Å². The van der Waals surface area contributed by atoms with E-state index in [2.05, 4.69) is 29.5 Å². The Morgan fingerprint density at radius 3 is 2.71 bits per heavy atom. The van der Waals surface area contributed by atoms with Gasteiger partial charge in [0.2, 0.25) is 0 Å². The van der Waals surface area contributed by atoms with Gasteiger partial charge in [0.15, 0.2) is 0 Å². The van der Waals surface area contributed by atoms with E-state index < -0.39 is 0 Å². The zero-order chi connectivity index (χ0) is 15.2. The maximum absolute atomic E-state index is 12.3. The molecule has 0 aliphatic carbocycles. The Balaban J connectivity index is 2.07. The number of nitrogens with one attached hydrogen (secondary N) is 2. The lowest BCUT2D eigenvalue weighted by Gasteiger charge is -2.12. The van der Waals surface area contributed by atoms with Crippen molar-refractivity contribution in [3.05, 3.63) is 40.9 Å². The van der Waals surface area contributed by atoms with Gasteiger partial charge in [-0.1, -0.05) is 37.3 Å². The van der Waals surface area contributed by atoms with Gasteiger partial charge in [0.25, 0.3) is 5.91 Å². The average molecular weight is 303 g/mol. The summed E-state index contributed by atoms with van der Waals surface area (Å²) in [6.45, 7) is 7.50. The van der Waals surface area contributed by atoms with Crippen molar-refractivity contribution in [2.45, 2.75) is 26.8 Å². The highest BCUT2D eigenvalue weighted by Crippen LogP contribution is 2.27. The van der Waals surface area contributed by atoms with Gasteiger partial charge in [-0.3, -0.25) is 4.79 Å². The van der Waals surface area contributed by atoms with Gasteiger partial charge in [-0.25, -0.2) is 4.98 Å². The summed E-state index contributed by atoms with van der Waals surface area (Å²) in [5.74, 6) is -0.0445. The molecule has 1 aromatic carbocycles. The predicted molar refractivity (Wildman–Crippen MR) is 87.8 cm³/mol. The van der Waals surface area contributed by atoms with E-state index in [-0.39, 0.29) is 11.9 Å². The number of aromatic nitrogens is 1. The molecule has 0 spiro atoms. The van der Waals surface area contributed by atoms with Gasteiger partial charge in [-0.05, 0) is 20.4 Å². The lowest BCUT2D eigenvalue weighted by molar-refractivity contribution is 0.0953. The molecule has 1 amide bonds. The fourth-order valence-electron chi connectivity index (χ4n) is 2.06. The van der Waals surface area contributed by atoms with Gasteiger partial charge in [0, 0.05) is 18.2 Å². The van der Waals surface area contributed by atoms with Gasteiger partial charge in [-0.15, -0.1) is 11.3 Å². The quantitative estimate of drug-likeness (QED) is 0.863. The van der Waals surface area contributed by atoms with E-state index in [0.717, 1.165) is 22.8 Å². The smallest absolute Gasteiger partial charge is 0.263 e. The number of benzene rings is 1. The molecule has 1 aromatic heterocycles. The minimum Gasteiger partial charge on any atom is -0.350 e. The van der Waals surface area contributed by atoms with Crippen LogP contribution in [0, 0.1) is 6.92 Å². The Hall–Kier alpha value is -1.72. The number of carbonyl (C=O) groups is 1. The lowest BCUT2D eigenvalue weighted by atomic mass is 10.2. The maximum Gasteiger partial charge on any atom is 0.263 e. The standard InChI is InChI=1S/C16H21N3OS/c1-4-17-11(2)10-18-15(20)14-12(3)19-16(21-14)13-8-6-5-7-9-13/h5-9,11,17H,4,10H2,1-3H3,(H,18,20)/t11-/m1/s1. The maximum atomic E-state index is 12.3. The monoisotopic (exact) mass is 303 g/mol. The minimum atomic E-state index is -0.0445. The van der Waals surface area contributed by atoms with Crippen molar-refractivity contribution in [2.24, 2.45) is 0 Å². The molecule has 2 aromatic rings. The number of hydrogen-bond acceptors (Lipinski definition) is 4. The molecule has 2 rings (SSSR count). The molecule has 5 heteroatoms. The zero-order valence-corrected chi connectivity index (χ0v) is 13.5. The fraction of sp³-hybridized carbons (Fsp3) is 0.375. The summed E-state index contributed by atoms with van der Waals surface area (Å²) in [6, 6.07) is 10.2. The van der Waals surface area contributed by atoms with Crippen molar-refractivity contribution in [1.82, 2.24) is 15.6 Å². The first-order valence-corrected chi connectivity index (χ1v) is 7.98. The Morgan fingerprint density at radius 1 is 1.33 bits per heavy atom. The van der Waals surface area contributed by atoms with Crippen molar-refractivity contribution < 1.29 is 4.79 Å². The first kappa shape index (κ1) is 15.7. The van der Waals surface area contributed by atoms with Gasteiger partial charge in [-0.2, -0.15) is 0 Å². The number of aryl methyl sites for hydroxylation is 1. The van der Waals surface area contributed by atoms with E-state index in [9.17, 15) is 4.79 Å². The summed E-state index contributed by atoms with van der Waals surface area (Å²) in [5, 5.41) is 7.12. The molecule has 2 N–H and O–H groups in total. The lowest BCUT2D eigenvalue weighted by Crippen LogP contribution is -2.38. The SMILES string of the molecule is CCN[C@H](C)CNC(=O)c1sc(-c2ccccc2)nc1C. The molecule has 0 bridgehead atoms. The van der Waals surface area contributed by atoms with Crippen LogP contribution in [0.1, 0.15) is 29.2 Å². The highest BCUT2D eigenvalue weighted by molar-refractivity contribution is 7.17. The molecule has 0 unspecified atom stereocenters. The Bertz CT molecular complexity index is 595. The summed E-state index contributed by atoms with van der Waals surface area (Å²) in [4.78, 5) is 17.5. The van der Waals surface area contributed by atoms with Crippen LogP contribution < -0.4 is 10.6 Å². The minimum absolute atomic E-state index is 0.0445. The van der Waals surface area contributed by atoms with Gasteiger partial charge in [0.1, 0.15) is 9.88 Å². The first-order chi connectivity index (χ1) is 10.1. The van der Waals surface area contributed by atoms with Crippen LogP contribution >= 0.6 is 11.3 Å². The molecule has 0 aliphatic rings. The molecule has 0 aliphatic heterocycles. The molecular weight excluding hydrogens is 282 g/mol. The number of nitrogens with zero attached hydrogens (tertiary/aromatic N) is 1. The third-order valence-electron chi connectivity index (χ3n) is 3.14. The Labute approximate surface area is 129 Å². The zero-order valence-electron chi connectivity index (χ0n) is 12.6. The van der Waals surface area contributed by atoms with E-state index in [1.807, 2.05) is 37.3 Å². The van der Waals surface area contributed by atoms with Crippen molar-refractivity contribution in [1.29, 1.82) is 0 Å². The molecule has 0 radical (unpaired) electrons. The number of rotatable bonds is 6. The molecule has 1 heterocycles. The fourth-order valence-corrected chi connectivity index (χ4v) is 3.05. The van der Waals surface area contributed by atoms with Crippen molar-refractivity contribution in [3.63, 3.8) is 0 Å². The van der Waals surface area contributed by atoms with Crippen LogP contribution in [0.4, 0.5) is 0 Å². The average Bonchev–Trinajstić information content (AvgIpc) is 2.88. The van der Waals surface area contributed by atoms with Crippen molar-refractivity contribution in [3.8, 4) is 10.6 Å². The van der Waals surface area contributed by atoms with Crippen LogP contribution in [-0.2, 0) is 0 Å². The van der Waals surface area contributed by atoms with Crippen LogP contribution in [0.25, 0.3) is 10.6 Å². The number of thiazole rings is 1. The second-order valence-electron chi connectivity index (χ2n) is 4.97. The highest BCUT2D eigenvalue weighted by atomic mass is 32.1. The molecule has 4 nitrogen and oxygen atoms in total. The van der Waals surface area contributed by atoms with Crippen molar-refractivity contribution >= 4 is 17.2 Å². The van der Waals surface area contributed by atoms with Crippen LogP contribution in [0.15, 0.2) is 30.3 Å². The summed E-state index contributed by atoms with van der Waals surface area (Å²) in [7, 11) is 0. The van der Waals surface area contributed by atoms with Crippen LogP contribution in [-0.4, -0.2) is 30.0 Å². The van der Waals surface area contributed by atoms with E-state index in [4.69, 9.17) is 0 Å². The predicted octanol–water partition coefficient (Wildman–Crippen LogP) is 2.85. The first-order valence-electron chi connectivity index (χ1n) is 7.16. The summed E-state index contributed by atoms with van der Waals surface area (Å²) in [5.41, 5.74) is 1.83. The van der Waals surface area contributed by atoms with Crippen LogP contribution in [0.3, 0.4) is 0 Å². The van der Waals surface area contributed by atoms with Crippen molar-refractivity contribution in [2.75, 3.05) is 13.1 Å². The van der Waals surface area contributed by atoms with Crippen LogP contribution in [0.2, 0.25) is 0 Å². The van der Waals surface area contributed by atoms with E-state index in [0.29, 0.717) is 11.4 Å². The third-order valence-corrected chi connectivity index (χ3v) is 4.35. The molecule has 112 valence electrons. The molecular formula is C16H21N3OS. The summed E-state index contributed by atoms with van der Waals surface area (Å²) >= 11 is 1.44. The number of likely N-dealkylation sites (N-methyl/N-ethyl adjacent to an activating group) is 1. The largest absolute Gasteiger partial charge is 0.350 e. The topological polar surface area (TPSA) is 54.0 Å². The normalized spacial score (nSPS) is 12.1. The summed E-state index contributed by atoms with van der Waals surface area (Å²) < 4.78 is 0. The van der Waals surface area contributed by atoms with E-state index >= 15 is 0 Å². The number of amides is 1. The van der Waals surface area contributed by atoms with Crippen LogP contribution in [0.5, 0.6) is 0 Å². The number of hydrogen-bond donors (Lipinski definition) is 2. The second-order valence-corrected chi connectivity index (χ2v) is 5.97. The molecule has 1 atom stereocenters. The number of carbonyl (C=O) groups excluding carboxylic acids is 1. The Kier molecular flexibility index (Phi) is 5.47. The second kappa shape index (κ2) is 7.33. The van der Waals surface area contributed by atoms with Gasteiger partial charge < -0.3 is 10.6 Å². The highest BCUT2D eigenvalue weighted by Gasteiger charge is 2.16. The summed E-state index contributed by atoms with van der Waals surface area (Å²) in [6.07, 6.45) is 0. The molecule has 0 saturated carbocycles. The third kappa shape index (κ3) is 4.12. The molecule has 0 fully saturated rings.